The zero-order valence-electron chi connectivity index (χ0n) is 15.9. The Balaban J connectivity index is 1.62. The molecule has 0 aromatic heterocycles. The number of ether oxygens (including phenoxy) is 1. The van der Waals surface area contributed by atoms with Gasteiger partial charge in [0.15, 0.2) is 0 Å². The van der Waals surface area contributed by atoms with Gasteiger partial charge in [0.1, 0.15) is 5.75 Å². The van der Waals surface area contributed by atoms with E-state index in [9.17, 15) is 9.59 Å². The third kappa shape index (κ3) is 7.01. The van der Waals surface area contributed by atoms with Crippen LogP contribution in [0.3, 0.4) is 0 Å². The van der Waals surface area contributed by atoms with Crippen LogP contribution < -0.4 is 21.1 Å². The van der Waals surface area contributed by atoms with Crippen LogP contribution >= 0.6 is 0 Å². The Kier molecular flexibility index (Phi) is 7.67. The molecule has 4 N–H and O–H groups in total. The van der Waals surface area contributed by atoms with Crippen LogP contribution in [0, 0.1) is 6.92 Å². The van der Waals surface area contributed by atoms with Gasteiger partial charge in [-0.2, -0.15) is 0 Å². The molecule has 0 spiro atoms. The summed E-state index contributed by atoms with van der Waals surface area (Å²) < 4.78 is 5.08. The number of amides is 2. The van der Waals surface area contributed by atoms with E-state index in [0.29, 0.717) is 30.0 Å². The minimum absolute atomic E-state index is 0.00527. The highest BCUT2D eigenvalue weighted by atomic mass is 16.5. The SMILES string of the molecule is COc1ccc(NC(=O)CCCCCC(=O)Nc2ccc(C)cc2)c(N)c1. The molecule has 0 saturated carbocycles. The van der Waals surface area contributed by atoms with Crippen molar-refractivity contribution in [3.8, 4) is 5.75 Å². The zero-order valence-corrected chi connectivity index (χ0v) is 15.9. The molecular formula is C21H27N3O3. The molecule has 2 rings (SSSR count). The van der Waals surface area contributed by atoms with Gasteiger partial charge in [-0.1, -0.05) is 24.1 Å². The van der Waals surface area contributed by atoms with Crippen molar-refractivity contribution in [3.63, 3.8) is 0 Å². The summed E-state index contributed by atoms with van der Waals surface area (Å²) in [6.45, 7) is 2.00. The lowest BCUT2D eigenvalue weighted by molar-refractivity contribution is -0.116. The zero-order chi connectivity index (χ0) is 19.6. The molecule has 2 aromatic rings. The number of carbonyl (C=O) groups is 2. The molecule has 0 atom stereocenters. The lowest BCUT2D eigenvalue weighted by atomic mass is 10.1. The maximum absolute atomic E-state index is 12.0. The lowest BCUT2D eigenvalue weighted by Crippen LogP contribution is -2.13. The van der Waals surface area contributed by atoms with Crippen molar-refractivity contribution in [3.05, 3.63) is 48.0 Å². The van der Waals surface area contributed by atoms with Crippen molar-refractivity contribution < 1.29 is 14.3 Å². The smallest absolute Gasteiger partial charge is 0.224 e. The number of anilines is 3. The van der Waals surface area contributed by atoms with Gasteiger partial charge in [-0.05, 0) is 44.0 Å². The van der Waals surface area contributed by atoms with Crippen LogP contribution in [0.15, 0.2) is 42.5 Å². The number of nitrogen functional groups attached to an aromatic ring is 1. The van der Waals surface area contributed by atoms with Crippen LogP contribution in [0.4, 0.5) is 17.1 Å². The van der Waals surface area contributed by atoms with Gasteiger partial charge in [0.2, 0.25) is 11.8 Å². The van der Waals surface area contributed by atoms with Gasteiger partial charge in [0.05, 0.1) is 18.5 Å². The Bertz CT molecular complexity index is 773. The fourth-order valence-corrected chi connectivity index (χ4v) is 2.60. The molecule has 0 aliphatic carbocycles. The Hall–Kier alpha value is -3.02. The van der Waals surface area contributed by atoms with E-state index in [1.54, 1.807) is 25.3 Å². The van der Waals surface area contributed by atoms with Crippen LogP contribution in [0.5, 0.6) is 5.75 Å². The highest BCUT2D eigenvalue weighted by molar-refractivity contribution is 5.94. The number of carbonyl (C=O) groups excluding carboxylic acids is 2. The first kappa shape index (κ1) is 20.3. The molecule has 6 heteroatoms. The van der Waals surface area contributed by atoms with Crippen LogP contribution in [0.25, 0.3) is 0 Å². The first-order chi connectivity index (χ1) is 13.0. The number of nitrogens with two attached hydrogens (primary N) is 1. The molecule has 27 heavy (non-hydrogen) atoms. The number of benzene rings is 2. The second kappa shape index (κ2) is 10.2. The fraction of sp³-hybridized carbons (Fsp3) is 0.333. The van der Waals surface area contributed by atoms with Gasteiger partial charge < -0.3 is 21.1 Å². The first-order valence-corrected chi connectivity index (χ1v) is 9.08. The normalized spacial score (nSPS) is 10.3. The molecule has 0 saturated heterocycles. The van der Waals surface area contributed by atoms with Crippen molar-refractivity contribution >= 4 is 28.9 Å². The molecule has 2 aromatic carbocycles. The lowest BCUT2D eigenvalue weighted by Gasteiger charge is -2.09. The molecule has 0 heterocycles. The van der Waals surface area contributed by atoms with E-state index in [1.807, 2.05) is 31.2 Å². The summed E-state index contributed by atoms with van der Waals surface area (Å²) in [5.41, 5.74) is 8.90. The quantitative estimate of drug-likeness (QED) is 0.458. The average molecular weight is 369 g/mol. The molecule has 0 radical (unpaired) electrons. The summed E-state index contributed by atoms with van der Waals surface area (Å²) in [6, 6.07) is 12.8. The van der Waals surface area contributed by atoms with Crippen LogP contribution in [-0.2, 0) is 9.59 Å². The molecule has 6 nitrogen and oxygen atoms in total. The number of unbranched alkanes of at least 4 members (excludes halogenated alkanes) is 2. The maximum Gasteiger partial charge on any atom is 0.224 e. The minimum Gasteiger partial charge on any atom is -0.497 e. The Labute approximate surface area is 160 Å². The highest BCUT2D eigenvalue weighted by Gasteiger charge is 2.07. The van der Waals surface area contributed by atoms with Crippen molar-refractivity contribution in [2.45, 2.75) is 39.0 Å². The highest BCUT2D eigenvalue weighted by Crippen LogP contribution is 2.24. The molecule has 2 amide bonds. The predicted octanol–water partition coefficient (Wildman–Crippen LogP) is 4.11. The predicted molar refractivity (Wildman–Crippen MR) is 109 cm³/mol. The average Bonchev–Trinajstić information content (AvgIpc) is 2.65. The molecule has 0 unspecified atom stereocenters. The molecule has 0 aliphatic rings. The second-order valence-corrected chi connectivity index (χ2v) is 6.48. The summed E-state index contributed by atoms with van der Waals surface area (Å²) in [7, 11) is 1.56. The van der Waals surface area contributed by atoms with E-state index in [4.69, 9.17) is 10.5 Å². The van der Waals surface area contributed by atoms with Gasteiger partial charge in [-0.15, -0.1) is 0 Å². The van der Waals surface area contributed by atoms with E-state index < -0.39 is 0 Å². The fourth-order valence-electron chi connectivity index (χ4n) is 2.60. The minimum atomic E-state index is -0.0871. The van der Waals surface area contributed by atoms with Gasteiger partial charge in [-0.25, -0.2) is 0 Å². The summed E-state index contributed by atoms with van der Waals surface area (Å²) in [5, 5.41) is 5.67. The summed E-state index contributed by atoms with van der Waals surface area (Å²) in [5.74, 6) is 0.555. The van der Waals surface area contributed by atoms with Gasteiger partial charge >= 0.3 is 0 Å². The number of hydrogen-bond acceptors (Lipinski definition) is 4. The molecule has 0 fully saturated rings. The third-order valence-corrected chi connectivity index (χ3v) is 4.18. The van der Waals surface area contributed by atoms with Crippen molar-refractivity contribution in [2.75, 3.05) is 23.5 Å². The first-order valence-electron chi connectivity index (χ1n) is 9.08. The number of aryl methyl sites for hydroxylation is 1. The van der Waals surface area contributed by atoms with Gasteiger partial charge in [-0.3, -0.25) is 9.59 Å². The third-order valence-electron chi connectivity index (χ3n) is 4.18. The second-order valence-electron chi connectivity index (χ2n) is 6.48. The van der Waals surface area contributed by atoms with E-state index in [1.165, 1.54) is 0 Å². The number of nitrogens with one attached hydrogen (secondary N) is 2. The molecule has 0 bridgehead atoms. The molecular weight excluding hydrogens is 342 g/mol. The number of methoxy groups -OCH3 is 1. The summed E-state index contributed by atoms with van der Waals surface area (Å²) in [4.78, 5) is 23.9. The van der Waals surface area contributed by atoms with E-state index in [0.717, 1.165) is 30.5 Å². The maximum atomic E-state index is 12.0. The molecule has 144 valence electrons. The standard InChI is InChI=1S/C21H27N3O3/c1-15-8-10-16(11-9-15)23-20(25)6-4-3-5-7-21(26)24-19-13-12-17(27-2)14-18(19)22/h8-14H,3-7,22H2,1-2H3,(H,23,25)(H,24,26). The number of rotatable bonds is 9. The van der Waals surface area contributed by atoms with Gasteiger partial charge in [0.25, 0.3) is 0 Å². The van der Waals surface area contributed by atoms with Crippen LogP contribution in [0.1, 0.15) is 37.7 Å². The van der Waals surface area contributed by atoms with E-state index >= 15 is 0 Å². The molecule has 0 aliphatic heterocycles. The summed E-state index contributed by atoms with van der Waals surface area (Å²) >= 11 is 0. The van der Waals surface area contributed by atoms with E-state index in [-0.39, 0.29) is 11.8 Å². The monoisotopic (exact) mass is 369 g/mol. The van der Waals surface area contributed by atoms with Crippen LogP contribution in [0.2, 0.25) is 0 Å². The van der Waals surface area contributed by atoms with Gasteiger partial charge in [0, 0.05) is 24.6 Å². The van der Waals surface area contributed by atoms with Crippen molar-refractivity contribution in [2.24, 2.45) is 0 Å². The summed E-state index contributed by atoms with van der Waals surface area (Å²) in [6.07, 6.45) is 3.12. The topological polar surface area (TPSA) is 93.4 Å². The van der Waals surface area contributed by atoms with E-state index in [2.05, 4.69) is 10.6 Å². The van der Waals surface area contributed by atoms with Crippen LogP contribution in [-0.4, -0.2) is 18.9 Å². The largest absolute Gasteiger partial charge is 0.497 e. The van der Waals surface area contributed by atoms with Crippen molar-refractivity contribution in [1.82, 2.24) is 0 Å². The Morgan fingerprint density at radius 1 is 0.926 bits per heavy atom. The Morgan fingerprint density at radius 2 is 1.56 bits per heavy atom. The number of hydrogen-bond donors (Lipinski definition) is 3. The Morgan fingerprint density at radius 3 is 2.15 bits per heavy atom. The van der Waals surface area contributed by atoms with Crippen molar-refractivity contribution in [1.29, 1.82) is 0 Å².